The van der Waals surface area contributed by atoms with Crippen molar-refractivity contribution >= 4 is 5.78 Å². The maximum absolute atomic E-state index is 11.3. The van der Waals surface area contributed by atoms with Gasteiger partial charge in [0.25, 0.3) is 0 Å². The smallest absolute Gasteiger partial charge is 0.161 e. The van der Waals surface area contributed by atoms with Gasteiger partial charge in [-0.3, -0.25) is 9.48 Å². The zero-order valence-corrected chi connectivity index (χ0v) is 11.9. The number of hydrogen-bond donors (Lipinski definition) is 1. The molecule has 7 nitrogen and oxygen atoms in total. The molecule has 0 saturated carbocycles. The van der Waals surface area contributed by atoms with Crippen LogP contribution in [0.1, 0.15) is 17.3 Å². The van der Waals surface area contributed by atoms with Crippen molar-refractivity contribution in [2.75, 3.05) is 13.7 Å². The minimum absolute atomic E-state index is 0.0499. The Morgan fingerprint density at radius 1 is 1.43 bits per heavy atom. The molecule has 112 valence electrons. The monoisotopic (exact) mass is 291 g/mol. The molecule has 2 rings (SSSR count). The normalized spacial score (nSPS) is 12.0. The molecule has 7 heteroatoms. The summed E-state index contributed by atoms with van der Waals surface area (Å²) in [6, 6.07) is 4.92. The number of carbonyl (C=O) groups excluding carboxylic acids is 1. The van der Waals surface area contributed by atoms with Gasteiger partial charge in [-0.15, -0.1) is 0 Å². The van der Waals surface area contributed by atoms with E-state index in [-0.39, 0.29) is 18.9 Å². The molecule has 1 heterocycles. The van der Waals surface area contributed by atoms with Crippen LogP contribution in [0.4, 0.5) is 0 Å². The van der Waals surface area contributed by atoms with E-state index in [1.807, 2.05) is 0 Å². The quantitative estimate of drug-likeness (QED) is 0.764. The predicted octanol–water partition coefficient (Wildman–Crippen LogP) is 0.929. The van der Waals surface area contributed by atoms with Gasteiger partial charge in [-0.05, 0) is 25.1 Å². The van der Waals surface area contributed by atoms with Crippen LogP contribution in [0.3, 0.4) is 0 Å². The maximum atomic E-state index is 11.3. The van der Waals surface area contributed by atoms with Gasteiger partial charge in [0.2, 0.25) is 0 Å². The van der Waals surface area contributed by atoms with Crippen LogP contribution in [-0.4, -0.2) is 45.5 Å². The molecule has 0 bridgehead atoms. The highest BCUT2D eigenvalue weighted by Crippen LogP contribution is 2.28. The highest BCUT2D eigenvalue weighted by molar-refractivity contribution is 5.94. The summed E-state index contributed by atoms with van der Waals surface area (Å²) in [5.74, 6) is 0.877. The van der Waals surface area contributed by atoms with Crippen LogP contribution >= 0.6 is 0 Å². The minimum Gasteiger partial charge on any atom is -0.493 e. The van der Waals surface area contributed by atoms with Crippen molar-refractivity contribution in [1.82, 2.24) is 14.8 Å². The minimum atomic E-state index is -0.733. The summed E-state index contributed by atoms with van der Waals surface area (Å²) in [5, 5.41) is 13.8. The number of aliphatic hydroxyl groups is 1. The number of methoxy groups -OCH3 is 1. The lowest BCUT2D eigenvalue weighted by molar-refractivity contribution is 0.0877. The summed E-state index contributed by atoms with van der Waals surface area (Å²) in [6.07, 6.45) is 2.19. The van der Waals surface area contributed by atoms with Crippen LogP contribution in [0.15, 0.2) is 30.9 Å². The van der Waals surface area contributed by atoms with Gasteiger partial charge in [-0.2, -0.15) is 5.10 Å². The lowest BCUT2D eigenvalue weighted by Gasteiger charge is -2.14. The number of benzene rings is 1. The highest BCUT2D eigenvalue weighted by Gasteiger charge is 2.11. The summed E-state index contributed by atoms with van der Waals surface area (Å²) in [4.78, 5) is 15.1. The Hall–Kier alpha value is -2.41. The standard InChI is InChI=1S/C14H17N3O4/c1-10(18)11-3-4-13(14(5-11)20-2)21-7-12(19)6-17-9-15-8-16-17/h3-5,8-9,12,19H,6-7H2,1-2H3/t12-/m1/s1. The van der Waals surface area contributed by atoms with E-state index < -0.39 is 6.10 Å². The van der Waals surface area contributed by atoms with Gasteiger partial charge < -0.3 is 14.6 Å². The van der Waals surface area contributed by atoms with Gasteiger partial charge in [0.1, 0.15) is 25.4 Å². The van der Waals surface area contributed by atoms with E-state index in [1.54, 1.807) is 18.2 Å². The van der Waals surface area contributed by atoms with Crippen molar-refractivity contribution in [3.05, 3.63) is 36.4 Å². The van der Waals surface area contributed by atoms with Crippen molar-refractivity contribution in [2.24, 2.45) is 0 Å². The molecular weight excluding hydrogens is 274 g/mol. The first-order chi connectivity index (χ1) is 10.1. The third-order valence-corrected chi connectivity index (χ3v) is 2.87. The molecular formula is C14H17N3O4. The summed E-state index contributed by atoms with van der Waals surface area (Å²) in [6.45, 7) is 1.85. The molecule has 0 aliphatic rings. The molecule has 1 N–H and O–H groups in total. The second-order valence-electron chi connectivity index (χ2n) is 4.50. The van der Waals surface area contributed by atoms with Crippen molar-refractivity contribution in [3.8, 4) is 11.5 Å². The number of Topliss-reactive ketones (excluding diaryl/α,β-unsaturated/α-hetero) is 1. The Morgan fingerprint density at radius 2 is 2.24 bits per heavy atom. The van der Waals surface area contributed by atoms with Gasteiger partial charge in [0.05, 0.1) is 13.7 Å². The molecule has 0 saturated heterocycles. The summed E-state index contributed by atoms with van der Waals surface area (Å²) < 4.78 is 12.2. The van der Waals surface area contributed by atoms with Gasteiger partial charge in [0, 0.05) is 5.56 Å². The number of aromatic nitrogens is 3. The lowest BCUT2D eigenvalue weighted by atomic mass is 10.1. The molecule has 21 heavy (non-hydrogen) atoms. The summed E-state index contributed by atoms with van der Waals surface area (Å²) in [7, 11) is 1.50. The number of carbonyl (C=O) groups is 1. The molecule has 0 aliphatic carbocycles. The first-order valence-corrected chi connectivity index (χ1v) is 6.42. The number of nitrogens with zero attached hydrogens (tertiary/aromatic N) is 3. The van der Waals surface area contributed by atoms with Crippen LogP contribution in [0.5, 0.6) is 11.5 Å². The Kier molecular flexibility index (Phi) is 4.89. The van der Waals surface area contributed by atoms with Gasteiger partial charge >= 0.3 is 0 Å². The number of rotatable bonds is 7. The van der Waals surface area contributed by atoms with Crippen molar-refractivity contribution in [1.29, 1.82) is 0 Å². The van der Waals surface area contributed by atoms with Crippen molar-refractivity contribution < 1.29 is 19.4 Å². The van der Waals surface area contributed by atoms with Crippen LogP contribution in [0.25, 0.3) is 0 Å². The lowest BCUT2D eigenvalue weighted by Crippen LogP contribution is -2.24. The fourth-order valence-electron chi connectivity index (χ4n) is 1.79. The zero-order chi connectivity index (χ0) is 15.2. The number of ketones is 1. The third kappa shape index (κ3) is 4.03. The van der Waals surface area contributed by atoms with E-state index >= 15 is 0 Å². The molecule has 0 aliphatic heterocycles. The van der Waals surface area contributed by atoms with Crippen LogP contribution in [0.2, 0.25) is 0 Å². The average Bonchev–Trinajstić information content (AvgIpc) is 2.97. The van der Waals surface area contributed by atoms with Gasteiger partial charge in [-0.1, -0.05) is 0 Å². The molecule has 1 aromatic carbocycles. The number of ether oxygens (including phenoxy) is 2. The first-order valence-electron chi connectivity index (χ1n) is 6.42. The molecule has 2 aromatic rings. The first kappa shape index (κ1) is 15.0. The van der Waals surface area contributed by atoms with E-state index in [1.165, 1.54) is 31.4 Å². The number of aliphatic hydroxyl groups excluding tert-OH is 1. The van der Waals surface area contributed by atoms with Gasteiger partial charge in [0.15, 0.2) is 17.3 Å². The SMILES string of the molecule is COc1cc(C(C)=O)ccc1OC[C@H](O)Cn1cncn1. The van der Waals surface area contributed by atoms with Crippen LogP contribution < -0.4 is 9.47 Å². The van der Waals surface area contributed by atoms with Crippen molar-refractivity contribution in [3.63, 3.8) is 0 Å². The second-order valence-corrected chi connectivity index (χ2v) is 4.50. The Morgan fingerprint density at radius 3 is 2.86 bits per heavy atom. The summed E-state index contributed by atoms with van der Waals surface area (Å²) >= 11 is 0. The predicted molar refractivity (Wildman–Crippen MR) is 74.5 cm³/mol. The van der Waals surface area contributed by atoms with E-state index in [4.69, 9.17) is 9.47 Å². The molecule has 1 atom stereocenters. The fraction of sp³-hybridized carbons (Fsp3) is 0.357. The van der Waals surface area contributed by atoms with Crippen molar-refractivity contribution in [2.45, 2.75) is 19.6 Å². The average molecular weight is 291 g/mol. The maximum Gasteiger partial charge on any atom is 0.161 e. The highest BCUT2D eigenvalue weighted by atomic mass is 16.5. The molecule has 0 amide bonds. The van der Waals surface area contributed by atoms with E-state index in [2.05, 4.69) is 10.1 Å². The molecule has 0 radical (unpaired) electrons. The third-order valence-electron chi connectivity index (χ3n) is 2.87. The Balaban J connectivity index is 1.97. The molecule has 0 spiro atoms. The molecule has 1 aromatic heterocycles. The number of hydrogen-bond acceptors (Lipinski definition) is 6. The Bertz CT molecular complexity index is 598. The zero-order valence-electron chi connectivity index (χ0n) is 11.9. The molecule has 0 unspecified atom stereocenters. The van der Waals surface area contributed by atoms with E-state index in [9.17, 15) is 9.90 Å². The van der Waals surface area contributed by atoms with E-state index in [0.29, 0.717) is 17.1 Å². The fourth-order valence-corrected chi connectivity index (χ4v) is 1.79. The topological polar surface area (TPSA) is 86.5 Å². The van der Waals surface area contributed by atoms with Crippen LogP contribution in [-0.2, 0) is 6.54 Å². The largest absolute Gasteiger partial charge is 0.493 e. The van der Waals surface area contributed by atoms with E-state index in [0.717, 1.165) is 0 Å². The summed E-state index contributed by atoms with van der Waals surface area (Å²) in [5.41, 5.74) is 0.544. The van der Waals surface area contributed by atoms with Gasteiger partial charge in [-0.25, -0.2) is 4.98 Å². The molecule has 0 fully saturated rings. The second kappa shape index (κ2) is 6.85. The Labute approximate surface area is 122 Å². The van der Waals surface area contributed by atoms with Crippen LogP contribution in [0, 0.1) is 0 Å².